The average Bonchev–Trinajstić information content (AvgIpc) is 3.43. The molecule has 0 aliphatic carbocycles. The molecule has 4 heterocycles. The second-order valence-electron chi connectivity index (χ2n) is 7.08. The zero-order chi connectivity index (χ0) is 20.5. The first-order chi connectivity index (χ1) is 14.7. The van der Waals surface area contributed by atoms with Gasteiger partial charge in [0.25, 0.3) is 5.56 Å². The highest BCUT2D eigenvalue weighted by atomic mass is 32.2. The van der Waals surface area contributed by atoms with E-state index >= 15 is 0 Å². The van der Waals surface area contributed by atoms with Crippen molar-refractivity contribution in [1.29, 1.82) is 0 Å². The Balaban J connectivity index is 1.31. The van der Waals surface area contributed by atoms with Crippen LogP contribution in [-0.4, -0.2) is 32.5 Å². The van der Waals surface area contributed by atoms with Crippen LogP contribution in [0.25, 0.3) is 4.96 Å². The third-order valence-electron chi connectivity index (χ3n) is 5.23. The Morgan fingerprint density at radius 1 is 1.17 bits per heavy atom. The number of fused-ring (bicyclic) bond motifs is 2. The molecule has 1 aromatic carbocycles. The van der Waals surface area contributed by atoms with Crippen molar-refractivity contribution in [2.24, 2.45) is 0 Å². The lowest BCUT2D eigenvalue weighted by Crippen LogP contribution is -2.41. The van der Waals surface area contributed by atoms with E-state index in [0.717, 1.165) is 24.2 Å². The molecule has 5 rings (SSSR count). The zero-order valence-electron chi connectivity index (χ0n) is 16.1. The van der Waals surface area contributed by atoms with Crippen molar-refractivity contribution in [1.82, 2.24) is 14.3 Å². The molecule has 0 radical (unpaired) electrons. The van der Waals surface area contributed by atoms with Gasteiger partial charge in [0.2, 0.25) is 5.91 Å². The van der Waals surface area contributed by atoms with Gasteiger partial charge >= 0.3 is 0 Å². The van der Waals surface area contributed by atoms with Crippen LogP contribution in [0.15, 0.2) is 64.2 Å². The molecule has 152 valence electrons. The highest BCUT2D eigenvalue weighted by Gasteiger charge is 2.32. The Labute approximate surface area is 186 Å². The summed E-state index contributed by atoms with van der Waals surface area (Å²) in [7, 11) is 0. The summed E-state index contributed by atoms with van der Waals surface area (Å²) >= 11 is 4.73. The summed E-state index contributed by atoms with van der Waals surface area (Å²) < 4.78 is 1.54. The predicted molar refractivity (Wildman–Crippen MR) is 124 cm³/mol. The van der Waals surface area contributed by atoms with Crippen LogP contribution in [0.5, 0.6) is 0 Å². The summed E-state index contributed by atoms with van der Waals surface area (Å²) in [4.78, 5) is 33.9. The number of hydrogen-bond acceptors (Lipinski definition) is 6. The van der Waals surface area contributed by atoms with Crippen LogP contribution in [0.3, 0.4) is 0 Å². The van der Waals surface area contributed by atoms with E-state index in [4.69, 9.17) is 0 Å². The summed E-state index contributed by atoms with van der Waals surface area (Å²) in [6, 6.07) is 13.9. The van der Waals surface area contributed by atoms with Crippen LogP contribution < -0.4 is 5.56 Å². The number of thiophene rings is 1. The van der Waals surface area contributed by atoms with Crippen LogP contribution in [0.4, 0.5) is 0 Å². The lowest BCUT2D eigenvalue weighted by atomic mass is 9.93. The van der Waals surface area contributed by atoms with Crippen molar-refractivity contribution in [2.45, 2.75) is 18.2 Å². The van der Waals surface area contributed by atoms with E-state index in [1.807, 2.05) is 28.5 Å². The van der Waals surface area contributed by atoms with Crippen molar-refractivity contribution in [3.63, 3.8) is 0 Å². The number of benzene rings is 1. The second kappa shape index (κ2) is 8.37. The number of hydrogen-bond donors (Lipinski definition) is 0. The quantitative estimate of drug-likeness (QED) is 0.454. The Morgan fingerprint density at radius 3 is 2.90 bits per heavy atom. The molecule has 0 spiro atoms. The first-order valence-corrected chi connectivity index (χ1v) is 12.6. The highest BCUT2D eigenvalue weighted by molar-refractivity contribution is 7.99. The SMILES string of the molecule is O=C(CSCc1cc(=O)n2ccsc2n1)N1CCc2sccc2C1c1ccccc1. The van der Waals surface area contributed by atoms with E-state index in [1.54, 1.807) is 28.0 Å². The fourth-order valence-corrected chi connectivity index (χ4v) is 6.31. The molecule has 0 fully saturated rings. The van der Waals surface area contributed by atoms with Crippen molar-refractivity contribution in [3.05, 3.63) is 91.5 Å². The maximum absolute atomic E-state index is 13.2. The van der Waals surface area contributed by atoms with Crippen molar-refractivity contribution < 1.29 is 4.79 Å². The minimum Gasteiger partial charge on any atom is -0.330 e. The lowest BCUT2D eigenvalue weighted by molar-refractivity contribution is -0.130. The molecule has 1 atom stereocenters. The Bertz CT molecular complexity index is 1250. The van der Waals surface area contributed by atoms with Gasteiger partial charge in [-0.25, -0.2) is 4.98 Å². The van der Waals surface area contributed by atoms with Gasteiger partial charge < -0.3 is 4.90 Å². The standard InChI is InChI=1S/C22H19N3O2S3/c26-19-12-16(23-22-25(19)9-11-30-22)13-28-14-20(27)24-8-6-18-17(7-10-29-18)21(24)15-4-2-1-3-5-15/h1-5,7,9-12,21H,6,8,13-14H2. The van der Waals surface area contributed by atoms with E-state index in [-0.39, 0.29) is 17.5 Å². The molecule has 3 aromatic heterocycles. The molecule has 0 N–H and O–H groups in total. The molecule has 1 unspecified atom stereocenters. The van der Waals surface area contributed by atoms with Gasteiger partial charge in [-0.05, 0) is 29.0 Å². The first-order valence-electron chi connectivity index (χ1n) is 9.65. The predicted octanol–water partition coefficient (Wildman–Crippen LogP) is 4.23. The number of amides is 1. The molecule has 4 aromatic rings. The lowest BCUT2D eigenvalue weighted by Gasteiger charge is -2.36. The summed E-state index contributed by atoms with van der Waals surface area (Å²) in [5.74, 6) is 1.04. The van der Waals surface area contributed by atoms with Gasteiger partial charge in [0.1, 0.15) is 0 Å². The fraction of sp³-hybridized carbons (Fsp3) is 0.227. The van der Waals surface area contributed by atoms with Crippen molar-refractivity contribution in [2.75, 3.05) is 12.3 Å². The van der Waals surface area contributed by atoms with Gasteiger partial charge in [0, 0.05) is 34.8 Å². The van der Waals surface area contributed by atoms with Crippen LogP contribution >= 0.6 is 34.4 Å². The summed E-state index contributed by atoms with van der Waals surface area (Å²) in [6.45, 7) is 0.729. The van der Waals surface area contributed by atoms with E-state index in [0.29, 0.717) is 16.5 Å². The Morgan fingerprint density at radius 2 is 2.03 bits per heavy atom. The third kappa shape index (κ3) is 3.71. The molecule has 1 amide bonds. The third-order valence-corrected chi connectivity index (χ3v) is 7.94. The van der Waals surface area contributed by atoms with E-state index in [9.17, 15) is 9.59 Å². The highest BCUT2D eigenvalue weighted by Crippen LogP contribution is 2.38. The number of carbonyl (C=O) groups is 1. The smallest absolute Gasteiger partial charge is 0.258 e. The zero-order valence-corrected chi connectivity index (χ0v) is 18.5. The number of thioether (sulfide) groups is 1. The summed E-state index contributed by atoms with van der Waals surface area (Å²) in [5, 5.41) is 3.97. The molecular formula is C22H19N3O2S3. The summed E-state index contributed by atoms with van der Waals surface area (Å²) in [5.41, 5.74) is 3.04. The Hall–Kier alpha value is -2.42. The van der Waals surface area contributed by atoms with Gasteiger partial charge in [0.05, 0.1) is 17.5 Å². The number of aromatic nitrogens is 2. The molecule has 0 bridgehead atoms. The molecule has 5 nitrogen and oxygen atoms in total. The summed E-state index contributed by atoms with van der Waals surface area (Å²) in [6.07, 6.45) is 2.63. The fourth-order valence-electron chi connectivity index (χ4n) is 3.87. The largest absolute Gasteiger partial charge is 0.330 e. The second-order valence-corrected chi connectivity index (χ2v) is 9.94. The molecule has 1 aliphatic rings. The molecular weight excluding hydrogens is 434 g/mol. The number of nitrogens with zero attached hydrogens (tertiary/aromatic N) is 3. The molecule has 0 saturated carbocycles. The maximum Gasteiger partial charge on any atom is 0.258 e. The van der Waals surface area contributed by atoms with Gasteiger partial charge in [-0.1, -0.05) is 30.3 Å². The van der Waals surface area contributed by atoms with Crippen molar-refractivity contribution >= 4 is 45.3 Å². The van der Waals surface area contributed by atoms with Crippen LogP contribution in [0.1, 0.15) is 27.7 Å². The average molecular weight is 454 g/mol. The molecule has 1 aliphatic heterocycles. The van der Waals surface area contributed by atoms with Gasteiger partial charge in [-0.3, -0.25) is 14.0 Å². The monoisotopic (exact) mass is 453 g/mol. The molecule has 0 saturated heterocycles. The van der Waals surface area contributed by atoms with Crippen molar-refractivity contribution in [3.8, 4) is 0 Å². The number of rotatable bonds is 5. The van der Waals surface area contributed by atoms with Gasteiger partial charge in [0.15, 0.2) is 4.96 Å². The number of thiazole rings is 1. The van der Waals surface area contributed by atoms with Crippen LogP contribution in [-0.2, 0) is 17.0 Å². The minimum absolute atomic E-state index is 0.0282. The molecule has 8 heteroatoms. The molecule has 30 heavy (non-hydrogen) atoms. The first kappa shape index (κ1) is 19.5. The normalized spacial score (nSPS) is 16.0. The topological polar surface area (TPSA) is 54.7 Å². The van der Waals surface area contributed by atoms with E-state index in [2.05, 4.69) is 28.6 Å². The van der Waals surface area contributed by atoms with Gasteiger partial charge in [-0.2, -0.15) is 0 Å². The van der Waals surface area contributed by atoms with Crippen LogP contribution in [0.2, 0.25) is 0 Å². The maximum atomic E-state index is 13.2. The van der Waals surface area contributed by atoms with E-state index in [1.165, 1.54) is 33.5 Å². The minimum atomic E-state index is -0.0756. The van der Waals surface area contributed by atoms with Crippen LogP contribution in [0, 0.1) is 0 Å². The van der Waals surface area contributed by atoms with E-state index < -0.39 is 0 Å². The Kier molecular flexibility index (Phi) is 5.45. The number of carbonyl (C=O) groups excluding carboxylic acids is 1. The van der Waals surface area contributed by atoms with Gasteiger partial charge in [-0.15, -0.1) is 34.4 Å².